The lowest BCUT2D eigenvalue weighted by molar-refractivity contribution is -0.132. The second-order valence-electron chi connectivity index (χ2n) is 8.37. The SMILES string of the molecule is Cc1cccc(C2/C(=C(/O)c3ccc4c(c3)CC(C)O4)C(=O)C(=O)N2c2ccccc2)c1. The molecule has 0 aromatic heterocycles. The Kier molecular flexibility index (Phi) is 4.82. The minimum Gasteiger partial charge on any atom is -0.507 e. The van der Waals surface area contributed by atoms with Gasteiger partial charge in [0, 0.05) is 17.7 Å². The van der Waals surface area contributed by atoms with Crippen molar-refractivity contribution >= 4 is 23.1 Å². The summed E-state index contributed by atoms with van der Waals surface area (Å²) >= 11 is 0. The molecule has 5 nitrogen and oxygen atoms in total. The molecule has 0 spiro atoms. The molecule has 2 heterocycles. The monoisotopic (exact) mass is 425 g/mol. The molecule has 0 saturated carbocycles. The Labute approximate surface area is 186 Å². The Bertz CT molecular complexity index is 1260. The number of ether oxygens (including phenoxy) is 1. The van der Waals surface area contributed by atoms with Gasteiger partial charge in [-0.3, -0.25) is 14.5 Å². The van der Waals surface area contributed by atoms with E-state index in [1.165, 1.54) is 4.90 Å². The van der Waals surface area contributed by atoms with Crippen molar-refractivity contribution in [1.82, 2.24) is 0 Å². The van der Waals surface area contributed by atoms with Gasteiger partial charge < -0.3 is 9.84 Å². The molecule has 3 aromatic carbocycles. The van der Waals surface area contributed by atoms with Crippen LogP contribution in [0, 0.1) is 6.92 Å². The molecule has 1 N–H and O–H groups in total. The minimum atomic E-state index is -0.722. The van der Waals surface area contributed by atoms with Crippen LogP contribution in [-0.4, -0.2) is 22.9 Å². The van der Waals surface area contributed by atoms with E-state index in [1.54, 1.807) is 18.2 Å². The maximum absolute atomic E-state index is 13.2. The van der Waals surface area contributed by atoms with E-state index >= 15 is 0 Å². The van der Waals surface area contributed by atoms with Crippen LogP contribution in [0.15, 0.2) is 78.4 Å². The molecule has 0 bridgehead atoms. The fourth-order valence-corrected chi connectivity index (χ4v) is 4.57. The zero-order valence-corrected chi connectivity index (χ0v) is 17.9. The largest absolute Gasteiger partial charge is 0.507 e. The highest BCUT2D eigenvalue weighted by Crippen LogP contribution is 2.43. The first-order chi connectivity index (χ1) is 15.4. The number of aliphatic hydroxyl groups excluding tert-OH is 1. The number of Topliss-reactive ketones (excluding diaryl/α,β-unsaturated/α-hetero) is 1. The minimum absolute atomic E-state index is 0.0679. The smallest absolute Gasteiger partial charge is 0.300 e. The van der Waals surface area contributed by atoms with Gasteiger partial charge in [-0.25, -0.2) is 0 Å². The van der Waals surface area contributed by atoms with E-state index in [0.29, 0.717) is 11.3 Å². The third-order valence-corrected chi connectivity index (χ3v) is 6.01. The average Bonchev–Trinajstić information content (AvgIpc) is 3.29. The summed E-state index contributed by atoms with van der Waals surface area (Å²) in [6, 6.07) is 21.4. The fraction of sp³-hybridized carbons (Fsp3) is 0.185. The van der Waals surface area contributed by atoms with Gasteiger partial charge in [0.25, 0.3) is 11.7 Å². The molecule has 0 aliphatic carbocycles. The molecule has 160 valence electrons. The van der Waals surface area contributed by atoms with E-state index in [-0.39, 0.29) is 17.4 Å². The summed E-state index contributed by atoms with van der Waals surface area (Å²) in [5.41, 5.74) is 3.96. The summed E-state index contributed by atoms with van der Waals surface area (Å²) < 4.78 is 5.76. The van der Waals surface area contributed by atoms with Crippen molar-refractivity contribution in [3.63, 3.8) is 0 Å². The topological polar surface area (TPSA) is 66.8 Å². The van der Waals surface area contributed by atoms with Crippen LogP contribution in [0.3, 0.4) is 0 Å². The summed E-state index contributed by atoms with van der Waals surface area (Å²) in [6.07, 6.45) is 0.800. The van der Waals surface area contributed by atoms with Gasteiger partial charge in [-0.2, -0.15) is 0 Å². The lowest BCUT2D eigenvalue weighted by Crippen LogP contribution is -2.29. The normalized spacial score (nSPS) is 21.5. The number of benzene rings is 3. The van der Waals surface area contributed by atoms with Crippen LogP contribution in [0.2, 0.25) is 0 Å². The molecule has 5 rings (SSSR count). The summed E-state index contributed by atoms with van der Waals surface area (Å²) in [6.45, 7) is 3.95. The number of carbonyl (C=O) groups excluding carboxylic acids is 2. The third kappa shape index (κ3) is 3.26. The lowest BCUT2D eigenvalue weighted by atomic mass is 9.93. The van der Waals surface area contributed by atoms with Crippen molar-refractivity contribution in [2.75, 3.05) is 4.90 Å². The first-order valence-corrected chi connectivity index (χ1v) is 10.7. The van der Waals surface area contributed by atoms with Crippen LogP contribution in [-0.2, 0) is 16.0 Å². The van der Waals surface area contributed by atoms with E-state index in [0.717, 1.165) is 28.9 Å². The van der Waals surface area contributed by atoms with Gasteiger partial charge in [0.05, 0.1) is 11.6 Å². The summed E-state index contributed by atoms with van der Waals surface area (Å²) in [5, 5.41) is 11.3. The second kappa shape index (κ2) is 7.68. The van der Waals surface area contributed by atoms with Crippen LogP contribution in [0.25, 0.3) is 5.76 Å². The predicted octanol–water partition coefficient (Wildman–Crippen LogP) is 4.94. The van der Waals surface area contributed by atoms with Gasteiger partial charge in [-0.05, 0) is 55.3 Å². The highest BCUT2D eigenvalue weighted by atomic mass is 16.5. The lowest BCUT2D eigenvalue weighted by Gasteiger charge is -2.25. The number of fused-ring (bicyclic) bond motifs is 1. The predicted molar refractivity (Wildman–Crippen MR) is 123 cm³/mol. The number of anilines is 1. The van der Waals surface area contributed by atoms with E-state index in [9.17, 15) is 14.7 Å². The standard InChI is InChI=1S/C27H23NO4/c1-16-7-6-8-18(13-16)24-23(26(30)27(31)28(24)21-9-4-3-5-10-21)25(29)19-11-12-22-20(15-19)14-17(2)32-22/h3-13,15,17,24,29H,14H2,1-2H3/b25-23-. The summed E-state index contributed by atoms with van der Waals surface area (Å²) in [4.78, 5) is 27.9. The molecule has 5 heteroatoms. The van der Waals surface area contributed by atoms with Gasteiger partial charge in [-0.15, -0.1) is 0 Å². The number of carbonyl (C=O) groups is 2. The number of amides is 1. The van der Waals surface area contributed by atoms with Gasteiger partial charge >= 0.3 is 0 Å². The number of rotatable bonds is 3. The van der Waals surface area contributed by atoms with Gasteiger partial charge in [0.15, 0.2) is 0 Å². The highest BCUT2D eigenvalue weighted by molar-refractivity contribution is 6.51. The van der Waals surface area contributed by atoms with Crippen molar-refractivity contribution < 1.29 is 19.4 Å². The molecule has 2 unspecified atom stereocenters. The number of hydrogen-bond donors (Lipinski definition) is 1. The second-order valence-corrected chi connectivity index (χ2v) is 8.37. The molecule has 2 atom stereocenters. The molecule has 32 heavy (non-hydrogen) atoms. The zero-order valence-electron chi connectivity index (χ0n) is 17.9. The Morgan fingerprint density at radius 2 is 1.78 bits per heavy atom. The molecular formula is C27H23NO4. The number of ketones is 1. The Balaban J connectivity index is 1.70. The maximum Gasteiger partial charge on any atom is 0.300 e. The van der Waals surface area contributed by atoms with Crippen LogP contribution < -0.4 is 9.64 Å². The number of para-hydroxylation sites is 1. The number of aryl methyl sites for hydroxylation is 1. The van der Waals surface area contributed by atoms with Gasteiger partial charge in [0.1, 0.15) is 17.6 Å². The first kappa shape index (κ1) is 20.1. The van der Waals surface area contributed by atoms with E-state index in [1.807, 2.05) is 68.4 Å². The quantitative estimate of drug-likeness (QED) is 0.367. The number of hydrogen-bond acceptors (Lipinski definition) is 4. The van der Waals surface area contributed by atoms with Crippen molar-refractivity contribution in [3.05, 3.63) is 101 Å². The highest BCUT2D eigenvalue weighted by Gasteiger charge is 2.47. The van der Waals surface area contributed by atoms with Crippen LogP contribution in [0.5, 0.6) is 5.75 Å². The zero-order chi connectivity index (χ0) is 22.4. The van der Waals surface area contributed by atoms with Crippen LogP contribution in [0.1, 0.15) is 35.2 Å². The molecule has 3 aromatic rings. The molecule has 1 amide bonds. The van der Waals surface area contributed by atoms with Crippen molar-refractivity contribution in [1.29, 1.82) is 0 Å². The average molecular weight is 425 g/mol. The van der Waals surface area contributed by atoms with Crippen LogP contribution >= 0.6 is 0 Å². The van der Waals surface area contributed by atoms with Gasteiger partial charge in [0.2, 0.25) is 0 Å². The third-order valence-electron chi connectivity index (χ3n) is 6.01. The summed E-state index contributed by atoms with van der Waals surface area (Å²) in [5.74, 6) is -0.727. The van der Waals surface area contributed by atoms with Gasteiger partial charge in [-0.1, -0.05) is 48.0 Å². The Hall–Kier alpha value is -3.86. The van der Waals surface area contributed by atoms with E-state index in [4.69, 9.17) is 4.74 Å². The van der Waals surface area contributed by atoms with Crippen molar-refractivity contribution in [3.8, 4) is 5.75 Å². The number of nitrogens with zero attached hydrogens (tertiary/aromatic N) is 1. The maximum atomic E-state index is 13.2. The molecule has 1 fully saturated rings. The van der Waals surface area contributed by atoms with E-state index < -0.39 is 17.7 Å². The van der Waals surface area contributed by atoms with E-state index in [2.05, 4.69) is 0 Å². The molecule has 2 aliphatic rings. The van der Waals surface area contributed by atoms with Crippen molar-refractivity contribution in [2.24, 2.45) is 0 Å². The van der Waals surface area contributed by atoms with Crippen molar-refractivity contribution in [2.45, 2.75) is 32.4 Å². The first-order valence-electron chi connectivity index (χ1n) is 10.7. The number of aliphatic hydroxyl groups is 1. The fourth-order valence-electron chi connectivity index (χ4n) is 4.57. The van der Waals surface area contributed by atoms with Crippen LogP contribution in [0.4, 0.5) is 5.69 Å². The molecule has 2 aliphatic heterocycles. The molecular weight excluding hydrogens is 402 g/mol. The Morgan fingerprint density at radius 3 is 2.53 bits per heavy atom. The Morgan fingerprint density at radius 1 is 1.00 bits per heavy atom. The molecule has 1 saturated heterocycles. The molecule has 0 radical (unpaired) electrons. The summed E-state index contributed by atoms with van der Waals surface area (Å²) in [7, 11) is 0.